The van der Waals surface area contributed by atoms with Gasteiger partial charge in [0.2, 0.25) is 0 Å². The second-order valence-electron chi connectivity index (χ2n) is 2.53. The Bertz CT molecular complexity index is 205. The zero-order valence-electron chi connectivity index (χ0n) is 5.62. The molecule has 52 valence electrons. The topological polar surface area (TPSA) is 37.8 Å². The van der Waals surface area contributed by atoms with Crippen molar-refractivity contribution < 1.29 is 0 Å². The molecule has 0 unspecified atom stereocenters. The molecule has 10 heavy (non-hydrogen) atoms. The first-order valence-electron chi connectivity index (χ1n) is 3.44. The third-order valence-corrected chi connectivity index (χ3v) is 1.86. The Morgan fingerprint density at radius 1 is 1.40 bits per heavy atom. The Kier molecular flexibility index (Phi) is 1.36. The van der Waals surface area contributed by atoms with Gasteiger partial charge in [0.15, 0.2) is 0 Å². The van der Waals surface area contributed by atoms with E-state index < -0.39 is 0 Å². The summed E-state index contributed by atoms with van der Waals surface area (Å²) in [6, 6.07) is 2.03. The van der Waals surface area contributed by atoms with Crippen molar-refractivity contribution in [2.24, 2.45) is 0 Å². The molecule has 0 radical (unpaired) electrons. The first-order valence-corrected chi connectivity index (χ1v) is 3.44. The molecular weight excluding hydrogens is 126 g/mol. The maximum Gasteiger partial charge on any atom is 0.0532 e. The van der Waals surface area contributed by atoms with E-state index >= 15 is 0 Å². The molecule has 3 nitrogen and oxygen atoms in total. The van der Waals surface area contributed by atoms with E-state index in [9.17, 15) is 0 Å². The summed E-state index contributed by atoms with van der Waals surface area (Å²) in [5.74, 6) is 0.676. The van der Waals surface area contributed by atoms with E-state index in [2.05, 4.69) is 15.5 Å². The number of nitrogens with zero attached hydrogens (tertiary/aromatic N) is 2. The summed E-state index contributed by atoms with van der Waals surface area (Å²) in [5.41, 5.74) is 1.30. The third-order valence-electron chi connectivity index (χ3n) is 1.86. The van der Waals surface area contributed by atoms with E-state index in [1.165, 1.54) is 5.56 Å². The highest BCUT2D eigenvalue weighted by atomic mass is 15.1. The molecule has 0 amide bonds. The van der Waals surface area contributed by atoms with Crippen LogP contribution < -0.4 is 5.32 Å². The number of hydrogen-bond acceptors (Lipinski definition) is 3. The van der Waals surface area contributed by atoms with Gasteiger partial charge in [-0.2, -0.15) is 10.2 Å². The summed E-state index contributed by atoms with van der Waals surface area (Å²) in [6.45, 7) is 2.18. The third kappa shape index (κ3) is 0.885. The van der Waals surface area contributed by atoms with Crippen LogP contribution in [0.3, 0.4) is 0 Å². The molecular formula is C7H9N3. The minimum absolute atomic E-state index is 0.676. The molecule has 3 heteroatoms. The highest BCUT2D eigenvalue weighted by Gasteiger charge is 2.18. The molecule has 1 aliphatic rings. The van der Waals surface area contributed by atoms with Crippen LogP contribution in [0.15, 0.2) is 18.5 Å². The summed E-state index contributed by atoms with van der Waals surface area (Å²) < 4.78 is 0. The van der Waals surface area contributed by atoms with Gasteiger partial charge in [-0.3, -0.25) is 0 Å². The molecule has 0 atom stereocenters. The average molecular weight is 135 g/mol. The maximum absolute atomic E-state index is 3.81. The number of hydrogen-bond donors (Lipinski definition) is 1. The molecule has 0 spiro atoms. The lowest BCUT2D eigenvalue weighted by molar-refractivity contribution is 0.447. The van der Waals surface area contributed by atoms with Gasteiger partial charge in [0, 0.05) is 25.2 Å². The molecule has 1 aromatic rings. The predicted octanol–water partition coefficient (Wildman–Crippen LogP) is 0.163. The Morgan fingerprint density at radius 2 is 2.30 bits per heavy atom. The van der Waals surface area contributed by atoms with Gasteiger partial charge in [-0.05, 0) is 11.6 Å². The van der Waals surface area contributed by atoms with Crippen LogP contribution in [0.2, 0.25) is 0 Å². The first kappa shape index (κ1) is 5.80. The van der Waals surface area contributed by atoms with E-state index in [0.717, 1.165) is 13.1 Å². The van der Waals surface area contributed by atoms with Crippen LogP contribution in [0, 0.1) is 0 Å². The van der Waals surface area contributed by atoms with E-state index in [-0.39, 0.29) is 0 Å². The van der Waals surface area contributed by atoms with Gasteiger partial charge in [-0.15, -0.1) is 0 Å². The molecule has 0 bridgehead atoms. The highest BCUT2D eigenvalue weighted by molar-refractivity contribution is 5.16. The van der Waals surface area contributed by atoms with E-state index in [1.54, 1.807) is 6.20 Å². The largest absolute Gasteiger partial charge is 0.315 e. The number of nitrogens with one attached hydrogen (secondary N) is 1. The van der Waals surface area contributed by atoms with Gasteiger partial charge in [0.25, 0.3) is 0 Å². The van der Waals surface area contributed by atoms with E-state index in [4.69, 9.17) is 0 Å². The van der Waals surface area contributed by atoms with Crippen LogP contribution in [-0.2, 0) is 0 Å². The Morgan fingerprint density at radius 3 is 2.80 bits per heavy atom. The van der Waals surface area contributed by atoms with Crippen LogP contribution in [0.4, 0.5) is 0 Å². The zero-order valence-corrected chi connectivity index (χ0v) is 5.62. The molecule has 2 rings (SSSR count). The van der Waals surface area contributed by atoms with Crippen molar-refractivity contribution in [3.05, 3.63) is 24.0 Å². The van der Waals surface area contributed by atoms with Gasteiger partial charge in [-0.1, -0.05) is 0 Å². The highest BCUT2D eigenvalue weighted by Crippen LogP contribution is 2.16. The van der Waals surface area contributed by atoms with Crippen molar-refractivity contribution in [3.8, 4) is 0 Å². The SMILES string of the molecule is c1cc(C2CNC2)cnn1. The van der Waals surface area contributed by atoms with Gasteiger partial charge in [-0.25, -0.2) is 0 Å². The fourth-order valence-corrected chi connectivity index (χ4v) is 1.07. The van der Waals surface area contributed by atoms with Crippen molar-refractivity contribution in [2.75, 3.05) is 13.1 Å². The molecule has 0 aliphatic carbocycles. The molecule has 0 saturated carbocycles. The van der Waals surface area contributed by atoms with Crippen molar-refractivity contribution >= 4 is 0 Å². The summed E-state index contributed by atoms with van der Waals surface area (Å²) in [4.78, 5) is 0. The number of rotatable bonds is 1. The van der Waals surface area contributed by atoms with Crippen molar-refractivity contribution in [2.45, 2.75) is 5.92 Å². The summed E-state index contributed by atoms with van der Waals surface area (Å²) in [7, 11) is 0. The normalized spacial score (nSPS) is 18.4. The quantitative estimate of drug-likeness (QED) is 0.596. The first-order chi connectivity index (χ1) is 4.97. The average Bonchev–Trinajstić information content (AvgIpc) is 1.86. The van der Waals surface area contributed by atoms with Gasteiger partial charge in [0.1, 0.15) is 0 Å². The summed E-state index contributed by atoms with van der Waals surface area (Å²) >= 11 is 0. The maximum atomic E-state index is 3.81. The zero-order chi connectivity index (χ0) is 6.81. The smallest absolute Gasteiger partial charge is 0.0532 e. The molecule has 1 fully saturated rings. The monoisotopic (exact) mass is 135 g/mol. The van der Waals surface area contributed by atoms with Crippen LogP contribution in [0.25, 0.3) is 0 Å². The Labute approximate surface area is 59.5 Å². The van der Waals surface area contributed by atoms with Crippen LogP contribution in [0.5, 0.6) is 0 Å². The molecule has 1 aliphatic heterocycles. The molecule has 2 heterocycles. The van der Waals surface area contributed by atoms with Crippen LogP contribution >= 0.6 is 0 Å². The lowest BCUT2D eigenvalue weighted by Crippen LogP contribution is -2.39. The molecule has 1 aromatic heterocycles. The van der Waals surface area contributed by atoms with E-state index in [0.29, 0.717) is 5.92 Å². The van der Waals surface area contributed by atoms with Gasteiger partial charge < -0.3 is 5.32 Å². The fourth-order valence-electron chi connectivity index (χ4n) is 1.07. The summed E-state index contributed by atoms with van der Waals surface area (Å²) in [5, 5.41) is 10.7. The lowest BCUT2D eigenvalue weighted by Gasteiger charge is -2.26. The Balaban J connectivity index is 2.18. The standard InChI is InChI=1S/C7H9N3/c1-2-9-10-5-6(1)7-3-8-4-7/h1-2,5,7-8H,3-4H2. The van der Waals surface area contributed by atoms with Crippen molar-refractivity contribution in [3.63, 3.8) is 0 Å². The lowest BCUT2D eigenvalue weighted by atomic mass is 9.96. The second kappa shape index (κ2) is 2.34. The predicted molar refractivity (Wildman–Crippen MR) is 37.6 cm³/mol. The second-order valence-corrected chi connectivity index (χ2v) is 2.53. The van der Waals surface area contributed by atoms with Gasteiger partial charge >= 0.3 is 0 Å². The fraction of sp³-hybridized carbons (Fsp3) is 0.429. The van der Waals surface area contributed by atoms with E-state index in [1.807, 2.05) is 12.3 Å². The van der Waals surface area contributed by atoms with Crippen LogP contribution in [0.1, 0.15) is 11.5 Å². The molecule has 1 saturated heterocycles. The number of aromatic nitrogens is 2. The van der Waals surface area contributed by atoms with Gasteiger partial charge in [0.05, 0.1) is 6.20 Å². The molecule has 1 N–H and O–H groups in total. The van der Waals surface area contributed by atoms with Crippen molar-refractivity contribution in [1.82, 2.24) is 15.5 Å². The minimum atomic E-state index is 0.676. The molecule has 0 aromatic carbocycles. The summed E-state index contributed by atoms with van der Waals surface area (Å²) in [6.07, 6.45) is 3.58. The minimum Gasteiger partial charge on any atom is -0.315 e. The Hall–Kier alpha value is -0.960. The van der Waals surface area contributed by atoms with Crippen molar-refractivity contribution in [1.29, 1.82) is 0 Å². The van der Waals surface area contributed by atoms with Crippen LogP contribution in [-0.4, -0.2) is 23.3 Å².